The fourth-order valence-corrected chi connectivity index (χ4v) is 10.2. The van der Waals surface area contributed by atoms with Crippen molar-refractivity contribution in [2.24, 2.45) is 53.3 Å². The Kier molecular flexibility index (Phi) is 27.3. The summed E-state index contributed by atoms with van der Waals surface area (Å²) in [5.41, 5.74) is 4.03. The zero-order valence-corrected chi connectivity index (χ0v) is 48.8. The number of aliphatic hydroxyl groups is 6. The fourth-order valence-electron chi connectivity index (χ4n) is 10.2. The summed E-state index contributed by atoms with van der Waals surface area (Å²) in [5.74, 6) is -11.5. The molecule has 0 saturated carbocycles. The highest BCUT2D eigenvalue weighted by Crippen LogP contribution is 2.34. The Bertz CT molecular complexity index is 2130. The van der Waals surface area contributed by atoms with Crippen molar-refractivity contribution in [1.29, 1.82) is 0 Å². The van der Waals surface area contributed by atoms with Gasteiger partial charge in [-0.05, 0) is 57.3 Å². The van der Waals surface area contributed by atoms with Gasteiger partial charge in [-0.3, -0.25) is 38.4 Å². The number of hydrogen-bond acceptors (Lipinski definition) is 20. The van der Waals surface area contributed by atoms with E-state index in [2.05, 4.69) is 21.7 Å². The quantitative estimate of drug-likeness (QED) is 0.0332. The largest absolute Gasteiger partial charge is 0.548 e. The van der Waals surface area contributed by atoms with E-state index in [9.17, 15) is 78.9 Å². The minimum Gasteiger partial charge on any atom is -0.548 e. The lowest BCUT2D eigenvalue weighted by atomic mass is 9.84. The van der Waals surface area contributed by atoms with Gasteiger partial charge in [0.05, 0.1) is 49.5 Å². The summed E-state index contributed by atoms with van der Waals surface area (Å²) in [5, 5.41) is 80.9. The van der Waals surface area contributed by atoms with Crippen LogP contribution in [-0.4, -0.2) is 200 Å². The highest BCUT2D eigenvalue weighted by Gasteiger charge is 2.51. The van der Waals surface area contributed by atoms with Gasteiger partial charge >= 0.3 is 0 Å². The van der Waals surface area contributed by atoms with Crippen LogP contribution in [0, 0.1) is 53.3 Å². The standard InChI is InChI=1S/C55H93N5O20/c1-23(2)32(51(73)59-43(26(7)8)39(66)19-33(24(3)4)50(72)58-30(12)53(75)76)18-36(63)29(11)57-49(71)27(9)17-37(64)35-15-14-16-60(35)52(74)34(25(5)6)20-38(65)42(56)31(13)77-54-28(10)48(45(68)41(22-62)78-54)80-55-47(70)46(69)44(67)40(21-61)79-55/h23-35,40-48,54-55,61-62,67-70H,14-22,56H2,1-13H3,(H,57,71)(H,58,72)(H,59,73)(H,75,76)/t27?,28?,29-,30-,31?,32?,33?,34?,35-,40?,41?,42-,43?,44-,45-,46-,47?,48+,54-,55-/m0/s1. The second kappa shape index (κ2) is 31.3. The molecule has 0 aromatic heterocycles. The molecule has 3 aliphatic rings. The lowest BCUT2D eigenvalue weighted by molar-refractivity contribution is -0.432. The maximum absolute atomic E-state index is 14.3. The van der Waals surface area contributed by atoms with Gasteiger partial charge in [-0.25, -0.2) is 0 Å². The predicted octanol–water partition coefficient (Wildman–Crippen LogP) is -2.92. The number of carboxylic acids is 1. The van der Waals surface area contributed by atoms with Crippen LogP contribution in [-0.2, 0) is 62.1 Å². The van der Waals surface area contributed by atoms with Crippen LogP contribution in [0.25, 0.3) is 0 Å². The van der Waals surface area contributed by atoms with E-state index >= 15 is 0 Å². The van der Waals surface area contributed by atoms with Crippen LogP contribution in [0.4, 0.5) is 0 Å². The van der Waals surface area contributed by atoms with Crippen LogP contribution in [0.1, 0.15) is 129 Å². The first kappa shape index (κ1) is 69.9. The molecule has 3 aliphatic heterocycles. The molecule has 4 amide bonds. The zero-order valence-electron chi connectivity index (χ0n) is 48.8. The summed E-state index contributed by atoms with van der Waals surface area (Å²) in [6.45, 7) is 20.0. The summed E-state index contributed by atoms with van der Waals surface area (Å²) >= 11 is 0. The molecule has 0 bridgehead atoms. The molecule has 25 heteroatoms. The van der Waals surface area contributed by atoms with E-state index < -0.39 is 187 Å². The zero-order chi connectivity index (χ0) is 60.9. The molecular weight excluding hydrogens is 1050 g/mol. The summed E-state index contributed by atoms with van der Waals surface area (Å²) in [6.07, 6.45) is -14.7. The molecule has 20 atom stereocenters. The molecule has 0 aliphatic carbocycles. The Labute approximate surface area is 469 Å². The molecule has 10 unspecified atom stereocenters. The number of carbonyl (C=O) groups is 9. The molecule has 0 aromatic rings. The van der Waals surface area contributed by atoms with Crippen molar-refractivity contribution in [3.63, 3.8) is 0 Å². The Hall–Kier alpha value is -4.41. The van der Waals surface area contributed by atoms with E-state index in [4.69, 9.17) is 18.9 Å². The second-order valence-electron chi connectivity index (χ2n) is 23.7. The Morgan fingerprint density at radius 1 is 0.613 bits per heavy atom. The van der Waals surface area contributed by atoms with Crippen LogP contribution < -0.4 is 26.8 Å². The number of nitrogens with zero attached hydrogens (tertiary/aromatic N) is 1. The number of aliphatic carboxylic acids is 1. The highest BCUT2D eigenvalue weighted by atomic mass is 16.7. The summed E-state index contributed by atoms with van der Waals surface area (Å²) in [4.78, 5) is 122. The molecule has 3 fully saturated rings. The molecule has 25 nitrogen and oxygen atoms in total. The van der Waals surface area contributed by atoms with Crippen molar-refractivity contribution in [3.05, 3.63) is 0 Å². The Balaban J connectivity index is 1.62. The number of carboxylic acid groups (broad SMARTS) is 1. The van der Waals surface area contributed by atoms with Crippen LogP contribution in [0.5, 0.6) is 0 Å². The van der Waals surface area contributed by atoms with Gasteiger partial charge in [0.15, 0.2) is 41.8 Å². The minimum atomic E-state index is -1.79. The lowest BCUT2D eigenvalue weighted by Crippen LogP contribution is -2.71. The van der Waals surface area contributed by atoms with Crippen molar-refractivity contribution in [1.82, 2.24) is 20.9 Å². The van der Waals surface area contributed by atoms with Gasteiger partial charge < -0.3 is 86.1 Å². The van der Waals surface area contributed by atoms with Crippen LogP contribution in [0.2, 0.25) is 0 Å². The maximum atomic E-state index is 14.3. The first-order valence-corrected chi connectivity index (χ1v) is 28.1. The summed E-state index contributed by atoms with van der Waals surface area (Å²) < 4.78 is 23.4. The third-order valence-electron chi connectivity index (χ3n) is 16.0. The van der Waals surface area contributed by atoms with E-state index in [1.54, 1.807) is 69.2 Å². The van der Waals surface area contributed by atoms with E-state index in [1.807, 2.05) is 0 Å². The molecule has 3 heterocycles. The second-order valence-corrected chi connectivity index (χ2v) is 23.7. The monoisotopic (exact) mass is 1140 g/mol. The van der Waals surface area contributed by atoms with Gasteiger partial charge in [0, 0.05) is 61.8 Å². The van der Waals surface area contributed by atoms with Crippen LogP contribution in [0.15, 0.2) is 0 Å². The maximum Gasteiger partial charge on any atom is 0.227 e. The number of ether oxygens (including phenoxy) is 4. The summed E-state index contributed by atoms with van der Waals surface area (Å²) in [7, 11) is 0. The van der Waals surface area contributed by atoms with E-state index in [0.717, 1.165) is 0 Å². The smallest absolute Gasteiger partial charge is 0.227 e. The number of ketones is 4. The average Bonchev–Trinajstić information content (AvgIpc) is 3.89. The van der Waals surface area contributed by atoms with Crippen molar-refractivity contribution in [2.75, 3.05) is 19.8 Å². The number of aliphatic hydroxyl groups excluding tert-OH is 6. The third-order valence-corrected chi connectivity index (χ3v) is 16.0. The first-order chi connectivity index (χ1) is 37.2. The SMILES string of the molecule is CC(CC(=O)[C@@H]1CCCN1C(=O)C(CC(=O)[C@@H]([NH3+])C(C)O[C@H]1OC(CO)[C@H](O)[C@H](O[C@@H]2OC(CO)[C@H](O)[C@H](O)C2O)C1C)C(C)C)C(=O)N[C@@H](C)C(=O)CC(C(=O)NC(C(=O)CC(C(=O)N[C@@H](C)C(=O)[O-])C(C)C)C(C)C)C(C)C. The number of Topliss-reactive ketones (excluding diaryl/α,β-unsaturated/α-hetero) is 4. The topological polar surface area (TPSA) is 402 Å². The number of amides is 4. The molecule has 0 aromatic carbocycles. The number of likely N-dealkylation sites (tertiary alicyclic amines) is 1. The number of rotatable bonds is 31. The lowest BCUT2D eigenvalue weighted by Gasteiger charge is -2.47. The number of nitrogens with one attached hydrogen (secondary N) is 3. The normalized spacial score (nSPS) is 28.8. The molecule has 0 radical (unpaired) electrons. The molecule has 3 rings (SSSR count). The Morgan fingerprint density at radius 2 is 1.11 bits per heavy atom. The average molecular weight is 1140 g/mol. The van der Waals surface area contributed by atoms with E-state index in [0.29, 0.717) is 12.8 Å². The van der Waals surface area contributed by atoms with Crippen molar-refractivity contribution >= 4 is 52.7 Å². The van der Waals surface area contributed by atoms with Gasteiger partial charge in [-0.2, -0.15) is 0 Å². The van der Waals surface area contributed by atoms with E-state index in [1.165, 1.54) is 25.7 Å². The van der Waals surface area contributed by atoms with Gasteiger partial charge in [0.25, 0.3) is 0 Å². The third kappa shape index (κ3) is 18.3. The van der Waals surface area contributed by atoms with Gasteiger partial charge in [-0.1, -0.05) is 69.2 Å². The molecule has 458 valence electrons. The predicted molar refractivity (Wildman–Crippen MR) is 281 cm³/mol. The van der Waals surface area contributed by atoms with Gasteiger partial charge in [-0.15, -0.1) is 0 Å². The minimum absolute atomic E-state index is 0.228. The number of hydrogen-bond donors (Lipinski definition) is 10. The Morgan fingerprint density at radius 3 is 1.64 bits per heavy atom. The summed E-state index contributed by atoms with van der Waals surface area (Å²) in [6, 6.07) is -5.37. The highest BCUT2D eigenvalue weighted by molar-refractivity contribution is 5.98. The fraction of sp³-hybridized carbons (Fsp3) is 0.836. The number of carbonyl (C=O) groups excluding carboxylic acids is 9. The van der Waals surface area contributed by atoms with Crippen LogP contribution in [0.3, 0.4) is 0 Å². The first-order valence-electron chi connectivity index (χ1n) is 28.1. The van der Waals surface area contributed by atoms with E-state index in [-0.39, 0.29) is 55.8 Å². The van der Waals surface area contributed by atoms with Crippen molar-refractivity contribution in [3.8, 4) is 0 Å². The molecular formula is C55H93N5O20. The van der Waals surface area contributed by atoms with Gasteiger partial charge in [0.2, 0.25) is 23.6 Å². The molecule has 12 N–H and O–H groups in total. The number of quaternary nitrogens is 1. The van der Waals surface area contributed by atoms with Crippen LogP contribution >= 0.6 is 0 Å². The van der Waals surface area contributed by atoms with Gasteiger partial charge in [0.1, 0.15) is 42.7 Å². The molecule has 0 spiro atoms. The molecule has 3 saturated heterocycles. The molecule has 80 heavy (non-hydrogen) atoms. The van der Waals surface area contributed by atoms with Crippen molar-refractivity contribution in [2.45, 2.75) is 220 Å². The van der Waals surface area contributed by atoms with Crippen molar-refractivity contribution < 1.29 is 104 Å².